The Bertz CT molecular complexity index is 1830. The molecule has 1 aromatic heterocycles. The zero-order valence-electron chi connectivity index (χ0n) is 30.8. The van der Waals surface area contributed by atoms with Crippen LogP contribution in [-0.2, 0) is 37.7 Å². The van der Waals surface area contributed by atoms with E-state index in [-0.39, 0.29) is 49.0 Å². The average Bonchev–Trinajstić information content (AvgIpc) is 2.99. The van der Waals surface area contributed by atoms with E-state index in [1.54, 1.807) is 0 Å². The summed E-state index contributed by atoms with van der Waals surface area (Å²) >= 11 is 0. The first kappa shape index (κ1) is 41.2. The number of ketones is 1. The van der Waals surface area contributed by atoms with E-state index >= 15 is 0 Å². The summed E-state index contributed by atoms with van der Waals surface area (Å²) < 4.78 is 43.5. The summed E-state index contributed by atoms with van der Waals surface area (Å²) in [6.07, 6.45) is 0.764. The smallest absolute Gasteiger partial charge is 0.389 e. The van der Waals surface area contributed by atoms with E-state index in [0.717, 1.165) is 52.4 Å². The van der Waals surface area contributed by atoms with E-state index in [0.29, 0.717) is 12.8 Å². The molecule has 1 aliphatic rings. The number of carbonyl (C=O) groups excluding carboxylic acids is 1. The molecule has 0 bridgehead atoms. The van der Waals surface area contributed by atoms with E-state index in [9.17, 15) is 23.1 Å². The molecule has 1 atom stereocenters. The molecule has 4 nitrogen and oxygen atoms in total. The molecule has 8 heteroatoms. The summed E-state index contributed by atoms with van der Waals surface area (Å²) in [7, 11) is 0. The third-order valence-electron chi connectivity index (χ3n) is 8.86. The van der Waals surface area contributed by atoms with E-state index in [1.165, 1.54) is 28.8 Å². The van der Waals surface area contributed by atoms with Crippen molar-refractivity contribution in [3.05, 3.63) is 77.7 Å². The van der Waals surface area contributed by atoms with Crippen molar-refractivity contribution in [1.82, 2.24) is 4.98 Å². The van der Waals surface area contributed by atoms with Gasteiger partial charge < -0.3 is 9.84 Å². The van der Waals surface area contributed by atoms with Crippen LogP contribution in [-0.4, -0.2) is 22.1 Å². The topological polar surface area (TPSA) is 59.4 Å². The number of pyridine rings is 1. The number of aliphatic hydroxyl groups is 1. The predicted molar refractivity (Wildman–Crippen MR) is 194 cm³/mol. The van der Waals surface area contributed by atoms with Crippen molar-refractivity contribution in [1.29, 1.82) is 0 Å². The Labute approximate surface area is 309 Å². The second-order valence-electron chi connectivity index (χ2n) is 15.7. The van der Waals surface area contributed by atoms with Crippen LogP contribution in [0.25, 0.3) is 32.8 Å². The number of ether oxygens (including phenoxy) is 1. The van der Waals surface area contributed by atoms with Gasteiger partial charge in [0.05, 0.1) is 17.9 Å². The predicted octanol–water partition coefficient (Wildman–Crippen LogP) is 12.5. The molecule has 0 spiro atoms. The van der Waals surface area contributed by atoms with Crippen LogP contribution in [0.15, 0.2) is 60.5 Å². The van der Waals surface area contributed by atoms with E-state index in [2.05, 4.69) is 90.1 Å². The van der Waals surface area contributed by atoms with Gasteiger partial charge in [0.2, 0.25) is 0 Å². The monoisotopic (exact) mass is 867 g/mol. The fourth-order valence-corrected chi connectivity index (χ4v) is 6.55. The van der Waals surface area contributed by atoms with Crippen molar-refractivity contribution in [3.63, 3.8) is 0 Å². The fraction of sp³-hybridized carbons (Fsp3) is 0.476. The first-order chi connectivity index (χ1) is 22.8. The SMILES string of the molecule is CC(C)(C)Cc1cc2c3c(nccc3c1)-c1[c-]c3ccccc3c(CC(C)(C)C)c1O2.CCC(CC(F)(F)F)C(=O)/C=C(\O)C(CC)CC.[Ir]. The zero-order chi connectivity index (χ0) is 36.3. The Hall–Kier alpha value is -3.22. The number of rotatable bonds is 9. The maximum atomic E-state index is 12.2. The van der Waals surface area contributed by atoms with Crippen LogP contribution in [0.1, 0.15) is 99.1 Å². The van der Waals surface area contributed by atoms with Gasteiger partial charge >= 0.3 is 6.18 Å². The molecule has 0 saturated heterocycles. The number of carbonyl (C=O) groups is 1. The van der Waals surface area contributed by atoms with Crippen LogP contribution in [0.3, 0.4) is 0 Å². The number of fused-ring (bicyclic) bond motifs is 3. The van der Waals surface area contributed by atoms with Gasteiger partial charge in [-0.15, -0.1) is 17.5 Å². The first-order valence-electron chi connectivity index (χ1n) is 17.4. The third-order valence-corrected chi connectivity index (χ3v) is 8.86. The number of aliphatic hydroxyl groups excluding tert-OH is 1. The van der Waals surface area contributed by atoms with Gasteiger partial charge in [0.25, 0.3) is 0 Å². The number of benzene rings is 3. The second kappa shape index (κ2) is 16.4. The number of aromatic nitrogens is 1. The Morgan fingerprint density at radius 3 is 2.12 bits per heavy atom. The average molecular weight is 867 g/mol. The third kappa shape index (κ3) is 10.4. The molecule has 1 radical (unpaired) electrons. The summed E-state index contributed by atoms with van der Waals surface area (Å²) in [4.78, 5) is 16.5. The number of halogens is 3. The van der Waals surface area contributed by atoms with Crippen LogP contribution >= 0.6 is 0 Å². The molecule has 4 aromatic rings. The van der Waals surface area contributed by atoms with Gasteiger partial charge in [0, 0.05) is 55.3 Å². The molecule has 1 N–H and O–H groups in total. The normalized spacial score (nSPS) is 13.7. The number of alkyl halides is 3. The van der Waals surface area contributed by atoms with Crippen molar-refractivity contribution in [2.75, 3.05) is 0 Å². The Balaban J connectivity index is 0.000000309. The molecule has 3 aromatic carbocycles. The van der Waals surface area contributed by atoms with Gasteiger partial charge in [-0.1, -0.05) is 103 Å². The van der Waals surface area contributed by atoms with Crippen molar-refractivity contribution in [2.45, 2.75) is 107 Å². The summed E-state index contributed by atoms with van der Waals surface area (Å²) in [6, 6.07) is 18.8. The Kier molecular flexibility index (Phi) is 13.5. The molecule has 1 unspecified atom stereocenters. The summed E-state index contributed by atoms with van der Waals surface area (Å²) in [5.41, 5.74) is 4.87. The maximum Gasteiger partial charge on any atom is 0.389 e. The second-order valence-corrected chi connectivity index (χ2v) is 15.7. The molecule has 50 heavy (non-hydrogen) atoms. The quantitative estimate of drug-likeness (QED) is 0.0911. The molecule has 0 aliphatic carbocycles. The molecule has 0 fully saturated rings. The van der Waals surface area contributed by atoms with Crippen molar-refractivity contribution in [2.24, 2.45) is 22.7 Å². The van der Waals surface area contributed by atoms with Crippen LogP contribution in [0.5, 0.6) is 11.5 Å². The minimum Gasteiger partial charge on any atom is -0.512 e. The van der Waals surface area contributed by atoms with E-state index < -0.39 is 24.3 Å². The van der Waals surface area contributed by atoms with Crippen molar-refractivity contribution >= 4 is 27.3 Å². The van der Waals surface area contributed by atoms with Gasteiger partial charge in [-0.3, -0.25) is 9.78 Å². The fourth-order valence-electron chi connectivity index (χ4n) is 6.55. The maximum absolute atomic E-state index is 12.2. The number of hydrogen-bond donors (Lipinski definition) is 1. The zero-order valence-corrected chi connectivity index (χ0v) is 33.2. The summed E-state index contributed by atoms with van der Waals surface area (Å²) in [5.74, 6) is -0.149. The van der Waals surface area contributed by atoms with Crippen molar-refractivity contribution < 1.29 is 47.9 Å². The standard InChI is InChI=1S/C29H30NO.C13H21F3O2.Ir/c1-28(2,3)16-18-13-20-11-12-30-26-22-15-19-9-7-8-10-21(19)23(17-29(4,5)6)27(22)31-24(14-18)25(20)26;1-4-9(5-2)11(17)7-12(18)10(6-3)8-13(14,15)16;/h7-14H,16-17H2,1-6H3;7,9-10,17H,4-6,8H2,1-3H3;/q-1;;/b;11-7-;. The number of hydrogen-bond acceptors (Lipinski definition) is 4. The Morgan fingerprint density at radius 2 is 1.54 bits per heavy atom. The van der Waals surface area contributed by atoms with Gasteiger partial charge in [0.1, 0.15) is 5.75 Å². The molecule has 0 amide bonds. The largest absolute Gasteiger partial charge is 0.512 e. The van der Waals surface area contributed by atoms with Crippen LogP contribution in [0, 0.1) is 28.7 Å². The first-order valence-corrected chi connectivity index (χ1v) is 17.4. The Morgan fingerprint density at radius 1 is 0.920 bits per heavy atom. The van der Waals surface area contributed by atoms with Gasteiger partial charge in [-0.25, -0.2) is 0 Å². The molecule has 0 saturated carbocycles. The number of nitrogens with zero attached hydrogens (tertiary/aromatic N) is 1. The van der Waals surface area contributed by atoms with E-state index in [1.807, 2.05) is 20.0 Å². The van der Waals surface area contributed by atoms with Crippen LogP contribution in [0.2, 0.25) is 0 Å². The van der Waals surface area contributed by atoms with Gasteiger partial charge in [-0.05, 0) is 66.0 Å². The molecule has 1 aliphatic heterocycles. The molecular weight excluding hydrogens is 816 g/mol. The summed E-state index contributed by atoms with van der Waals surface area (Å²) in [5, 5.41) is 14.3. The molecule has 273 valence electrons. The van der Waals surface area contributed by atoms with Crippen LogP contribution in [0.4, 0.5) is 13.2 Å². The van der Waals surface area contributed by atoms with E-state index in [4.69, 9.17) is 9.72 Å². The molecular formula is C42H51F3IrNO3-. The number of allylic oxidation sites excluding steroid dienone is 2. The van der Waals surface area contributed by atoms with Gasteiger partial charge in [0.15, 0.2) is 5.78 Å². The molecule has 2 heterocycles. The van der Waals surface area contributed by atoms with Crippen LogP contribution < -0.4 is 4.74 Å². The summed E-state index contributed by atoms with van der Waals surface area (Å²) in [6.45, 7) is 18.9. The minimum atomic E-state index is -4.35. The minimum absolute atomic E-state index is 0. The van der Waals surface area contributed by atoms with Crippen molar-refractivity contribution in [3.8, 4) is 22.8 Å². The van der Waals surface area contributed by atoms with Gasteiger partial charge in [-0.2, -0.15) is 13.2 Å². The molecule has 5 rings (SSSR count).